The first-order chi connectivity index (χ1) is 18.3. The second-order valence-electron chi connectivity index (χ2n) is 9.71. The summed E-state index contributed by atoms with van der Waals surface area (Å²) in [5, 5.41) is 0.988. The van der Waals surface area contributed by atoms with Crippen LogP contribution in [0.15, 0.2) is 47.4 Å². The minimum absolute atomic E-state index is 0.0229. The Kier molecular flexibility index (Phi) is 10.0. The standard InChI is InChI=1S/C27H35Cl2N3O5S/c1-2-3-18-36-25-6-4-5-7-26(25)38(34,35)30-27(33)32-14-10-20(11-15-32)31-16-12-21(13-17-31)37-22-8-9-23(28)24(29)19-22/h4-9,19-21H,2-3,10-18H2,1H3,(H,30,33). The van der Waals surface area contributed by atoms with Gasteiger partial charge in [0.05, 0.1) is 16.7 Å². The predicted molar refractivity (Wildman–Crippen MR) is 149 cm³/mol. The quantitative estimate of drug-likeness (QED) is 0.388. The second kappa shape index (κ2) is 13.2. The van der Waals surface area contributed by atoms with E-state index < -0.39 is 16.1 Å². The van der Waals surface area contributed by atoms with Gasteiger partial charge in [-0.25, -0.2) is 17.9 Å². The van der Waals surface area contributed by atoms with Gasteiger partial charge < -0.3 is 14.4 Å². The smallest absolute Gasteiger partial charge is 0.331 e. The molecule has 0 bridgehead atoms. The maximum Gasteiger partial charge on any atom is 0.331 e. The van der Waals surface area contributed by atoms with Crippen LogP contribution in [-0.4, -0.2) is 69.2 Å². The molecule has 2 fully saturated rings. The number of urea groups is 1. The number of amides is 2. The summed E-state index contributed by atoms with van der Waals surface area (Å²) in [7, 11) is -4.05. The summed E-state index contributed by atoms with van der Waals surface area (Å²) in [6, 6.07) is 11.5. The van der Waals surface area contributed by atoms with Gasteiger partial charge >= 0.3 is 6.03 Å². The fraction of sp³-hybridized carbons (Fsp3) is 0.519. The Balaban J connectivity index is 1.24. The third-order valence-electron chi connectivity index (χ3n) is 7.05. The first kappa shape index (κ1) is 28.8. The number of nitrogens with zero attached hydrogens (tertiary/aromatic N) is 2. The molecule has 0 saturated carbocycles. The first-order valence-corrected chi connectivity index (χ1v) is 15.4. The third kappa shape index (κ3) is 7.46. The van der Waals surface area contributed by atoms with Gasteiger partial charge in [0, 0.05) is 38.3 Å². The zero-order chi connectivity index (χ0) is 27.1. The van der Waals surface area contributed by atoms with Crippen molar-refractivity contribution < 1.29 is 22.7 Å². The van der Waals surface area contributed by atoms with Crippen LogP contribution in [0.5, 0.6) is 11.5 Å². The molecular formula is C27H35Cl2N3O5S. The number of hydrogen-bond acceptors (Lipinski definition) is 6. The number of sulfonamides is 1. The van der Waals surface area contributed by atoms with Gasteiger partial charge in [-0.3, -0.25) is 4.90 Å². The van der Waals surface area contributed by atoms with E-state index in [9.17, 15) is 13.2 Å². The molecule has 2 aliphatic heterocycles. The molecular weight excluding hydrogens is 549 g/mol. The van der Waals surface area contributed by atoms with E-state index in [2.05, 4.69) is 9.62 Å². The highest BCUT2D eigenvalue weighted by atomic mass is 35.5. The lowest BCUT2D eigenvalue weighted by Crippen LogP contribution is -2.52. The molecule has 0 aliphatic carbocycles. The van der Waals surface area contributed by atoms with Crippen LogP contribution < -0.4 is 14.2 Å². The van der Waals surface area contributed by atoms with Crippen LogP contribution in [0.25, 0.3) is 0 Å². The largest absolute Gasteiger partial charge is 0.492 e. The number of halogens is 2. The van der Waals surface area contributed by atoms with E-state index in [1.807, 2.05) is 13.0 Å². The molecule has 2 aliphatic rings. The average Bonchev–Trinajstić information content (AvgIpc) is 2.91. The maximum absolute atomic E-state index is 13.0. The van der Waals surface area contributed by atoms with Gasteiger partial charge in [-0.1, -0.05) is 48.7 Å². The van der Waals surface area contributed by atoms with E-state index in [0.717, 1.165) is 57.4 Å². The minimum atomic E-state index is -4.05. The Labute approximate surface area is 235 Å². The number of unbranched alkanes of at least 4 members (excludes halogenated alkanes) is 1. The topological polar surface area (TPSA) is 88.2 Å². The Hall–Kier alpha value is -2.20. The molecule has 2 saturated heterocycles. The van der Waals surface area contributed by atoms with Crippen LogP contribution in [0.1, 0.15) is 45.4 Å². The summed E-state index contributed by atoms with van der Waals surface area (Å²) in [4.78, 5) is 16.9. The summed E-state index contributed by atoms with van der Waals surface area (Å²) >= 11 is 12.1. The van der Waals surface area contributed by atoms with Crippen molar-refractivity contribution in [2.45, 2.75) is 62.5 Å². The molecule has 1 N–H and O–H groups in total. The van der Waals surface area contributed by atoms with Crippen molar-refractivity contribution in [3.63, 3.8) is 0 Å². The summed E-state index contributed by atoms with van der Waals surface area (Å²) in [6.45, 7) is 5.27. The van der Waals surface area contributed by atoms with Crippen LogP contribution >= 0.6 is 23.2 Å². The fourth-order valence-corrected chi connectivity index (χ4v) is 6.29. The van der Waals surface area contributed by atoms with Gasteiger partial charge in [0.1, 0.15) is 22.5 Å². The Morgan fingerprint density at radius 1 is 1.00 bits per heavy atom. The number of para-hydroxylation sites is 1. The molecule has 38 heavy (non-hydrogen) atoms. The van der Waals surface area contributed by atoms with Gasteiger partial charge in [-0.05, 0) is 56.4 Å². The Morgan fingerprint density at radius 2 is 1.71 bits per heavy atom. The molecule has 8 nitrogen and oxygen atoms in total. The van der Waals surface area contributed by atoms with E-state index >= 15 is 0 Å². The fourth-order valence-electron chi connectivity index (χ4n) is 4.89. The lowest BCUT2D eigenvalue weighted by atomic mass is 9.99. The van der Waals surface area contributed by atoms with Crippen molar-refractivity contribution in [2.24, 2.45) is 0 Å². The van der Waals surface area contributed by atoms with Crippen molar-refractivity contribution in [3.05, 3.63) is 52.5 Å². The number of piperidine rings is 2. The number of ether oxygens (including phenoxy) is 2. The van der Waals surface area contributed by atoms with Crippen molar-refractivity contribution >= 4 is 39.3 Å². The molecule has 11 heteroatoms. The van der Waals surface area contributed by atoms with E-state index in [4.69, 9.17) is 32.7 Å². The Morgan fingerprint density at radius 3 is 2.39 bits per heavy atom. The van der Waals surface area contributed by atoms with Crippen molar-refractivity contribution in [1.82, 2.24) is 14.5 Å². The van der Waals surface area contributed by atoms with Crippen molar-refractivity contribution in [2.75, 3.05) is 32.8 Å². The van der Waals surface area contributed by atoms with Crippen molar-refractivity contribution in [3.8, 4) is 11.5 Å². The zero-order valence-electron chi connectivity index (χ0n) is 21.6. The molecule has 0 spiro atoms. The summed E-state index contributed by atoms with van der Waals surface area (Å²) in [5.41, 5.74) is 0. The molecule has 2 aromatic carbocycles. The number of carbonyl (C=O) groups is 1. The van der Waals surface area contributed by atoms with Gasteiger partial charge in [-0.2, -0.15) is 0 Å². The molecule has 2 heterocycles. The maximum atomic E-state index is 13.0. The summed E-state index contributed by atoms with van der Waals surface area (Å²) in [5.74, 6) is 0.980. The van der Waals surface area contributed by atoms with Crippen LogP contribution in [0.2, 0.25) is 10.0 Å². The van der Waals surface area contributed by atoms with Crippen LogP contribution in [-0.2, 0) is 10.0 Å². The summed E-state index contributed by atoms with van der Waals surface area (Å²) in [6.07, 6.45) is 5.26. The highest BCUT2D eigenvalue weighted by molar-refractivity contribution is 7.90. The van der Waals surface area contributed by atoms with E-state index in [1.165, 1.54) is 6.07 Å². The van der Waals surface area contributed by atoms with Crippen LogP contribution in [0, 0.1) is 0 Å². The lowest BCUT2D eigenvalue weighted by molar-refractivity contribution is 0.0540. The number of benzene rings is 2. The molecule has 2 aromatic rings. The van der Waals surface area contributed by atoms with Crippen molar-refractivity contribution in [1.29, 1.82) is 0 Å². The molecule has 208 valence electrons. The second-order valence-corrected chi connectivity index (χ2v) is 12.2. The SMILES string of the molecule is CCCCOc1ccccc1S(=O)(=O)NC(=O)N1CCC(N2CCC(Oc3ccc(Cl)c(Cl)c3)CC2)CC1. The third-order valence-corrected chi connectivity index (χ3v) is 9.15. The van der Waals surface area contributed by atoms with Gasteiger partial charge in [-0.15, -0.1) is 0 Å². The highest BCUT2D eigenvalue weighted by Gasteiger charge is 2.32. The normalized spacial score (nSPS) is 17.8. The van der Waals surface area contributed by atoms with E-state index in [0.29, 0.717) is 35.8 Å². The van der Waals surface area contributed by atoms with Crippen LogP contribution in [0.3, 0.4) is 0 Å². The Bertz CT molecular complexity index is 1200. The molecule has 4 rings (SSSR count). The molecule has 0 atom stereocenters. The number of hydrogen-bond donors (Lipinski definition) is 1. The molecule has 0 unspecified atom stereocenters. The molecule has 0 radical (unpaired) electrons. The van der Waals surface area contributed by atoms with Gasteiger partial charge in [0.25, 0.3) is 10.0 Å². The van der Waals surface area contributed by atoms with Gasteiger partial charge in [0.2, 0.25) is 0 Å². The lowest BCUT2D eigenvalue weighted by Gasteiger charge is -2.41. The van der Waals surface area contributed by atoms with E-state index in [1.54, 1.807) is 35.2 Å². The molecule has 0 aromatic heterocycles. The number of likely N-dealkylation sites (tertiary alicyclic amines) is 2. The predicted octanol–water partition coefficient (Wildman–Crippen LogP) is 5.58. The number of carbonyl (C=O) groups excluding carboxylic acids is 1. The highest BCUT2D eigenvalue weighted by Crippen LogP contribution is 2.29. The monoisotopic (exact) mass is 583 g/mol. The minimum Gasteiger partial charge on any atom is -0.492 e. The van der Waals surface area contributed by atoms with E-state index in [-0.39, 0.29) is 16.7 Å². The van der Waals surface area contributed by atoms with Crippen LogP contribution in [0.4, 0.5) is 4.79 Å². The van der Waals surface area contributed by atoms with Gasteiger partial charge in [0.15, 0.2) is 0 Å². The summed E-state index contributed by atoms with van der Waals surface area (Å²) < 4.78 is 39.9. The molecule has 2 amide bonds. The zero-order valence-corrected chi connectivity index (χ0v) is 23.9. The average molecular weight is 585 g/mol. The number of nitrogens with one attached hydrogen (secondary N) is 1. The first-order valence-electron chi connectivity index (χ1n) is 13.2. The number of rotatable bonds is 9.